The monoisotopic (exact) mass is 394 g/mol. The number of rotatable bonds is 8. The van der Waals surface area contributed by atoms with E-state index in [0.717, 1.165) is 6.42 Å². The summed E-state index contributed by atoms with van der Waals surface area (Å²) >= 11 is 1.20. The van der Waals surface area contributed by atoms with Crippen molar-refractivity contribution >= 4 is 27.3 Å². The largest absolute Gasteiger partial charge is 0.355 e. The molecule has 1 unspecified atom stereocenters. The maximum Gasteiger partial charge on any atom is 0.250 e. The first-order valence-corrected chi connectivity index (χ1v) is 10.9. The van der Waals surface area contributed by atoms with Gasteiger partial charge in [-0.3, -0.25) is 4.99 Å². The van der Waals surface area contributed by atoms with E-state index in [1.807, 2.05) is 0 Å². The third-order valence-corrected chi connectivity index (χ3v) is 6.79. The van der Waals surface area contributed by atoms with Crippen LogP contribution in [0.4, 0.5) is 0 Å². The van der Waals surface area contributed by atoms with Crippen LogP contribution in [-0.4, -0.2) is 34.5 Å². The molecule has 1 heterocycles. The van der Waals surface area contributed by atoms with Crippen molar-refractivity contribution < 1.29 is 8.42 Å². The maximum atomic E-state index is 12.0. The quantitative estimate of drug-likeness (QED) is 0.365. The SMILES string of the molecule is CCc1ccc(C(C)NC(=NC)NCCNS(=O)(=O)c2cccs2)cc1. The van der Waals surface area contributed by atoms with Crippen molar-refractivity contribution in [3.05, 3.63) is 52.9 Å². The van der Waals surface area contributed by atoms with E-state index in [4.69, 9.17) is 0 Å². The molecule has 6 nitrogen and oxygen atoms in total. The predicted octanol–water partition coefficient (Wildman–Crippen LogP) is 2.52. The Kier molecular flexibility index (Phi) is 7.62. The van der Waals surface area contributed by atoms with E-state index >= 15 is 0 Å². The first-order chi connectivity index (χ1) is 12.5. The molecular weight excluding hydrogens is 368 g/mol. The molecule has 2 aromatic rings. The molecule has 0 aliphatic carbocycles. The zero-order chi connectivity index (χ0) is 19.0. The lowest BCUT2D eigenvalue weighted by Crippen LogP contribution is -2.42. The van der Waals surface area contributed by atoms with E-state index in [0.29, 0.717) is 16.7 Å². The highest BCUT2D eigenvalue weighted by molar-refractivity contribution is 7.91. The van der Waals surface area contributed by atoms with Crippen LogP contribution < -0.4 is 15.4 Å². The van der Waals surface area contributed by atoms with Crippen LogP contribution in [-0.2, 0) is 16.4 Å². The summed E-state index contributed by atoms with van der Waals surface area (Å²) in [5.41, 5.74) is 2.48. The average molecular weight is 395 g/mol. The first kappa shape index (κ1) is 20.4. The summed E-state index contributed by atoms with van der Waals surface area (Å²) < 4.78 is 27.0. The lowest BCUT2D eigenvalue weighted by molar-refractivity contribution is 0.582. The van der Waals surface area contributed by atoms with Crippen molar-refractivity contribution in [3.63, 3.8) is 0 Å². The molecule has 1 aromatic heterocycles. The number of nitrogens with zero attached hydrogens (tertiary/aromatic N) is 1. The van der Waals surface area contributed by atoms with Crippen molar-refractivity contribution in [3.8, 4) is 0 Å². The van der Waals surface area contributed by atoms with E-state index < -0.39 is 10.0 Å². The van der Waals surface area contributed by atoms with E-state index in [2.05, 4.69) is 58.5 Å². The highest BCUT2D eigenvalue weighted by atomic mass is 32.2. The van der Waals surface area contributed by atoms with Crippen LogP contribution >= 0.6 is 11.3 Å². The summed E-state index contributed by atoms with van der Waals surface area (Å²) in [7, 11) is -1.73. The van der Waals surface area contributed by atoms with Crippen molar-refractivity contribution in [1.82, 2.24) is 15.4 Å². The summed E-state index contributed by atoms with van der Waals surface area (Å²) in [6, 6.07) is 11.9. The molecule has 0 radical (unpaired) electrons. The Morgan fingerprint density at radius 1 is 1.19 bits per heavy atom. The number of guanidine groups is 1. The molecule has 2 rings (SSSR count). The molecule has 0 bridgehead atoms. The fourth-order valence-electron chi connectivity index (χ4n) is 2.38. The topological polar surface area (TPSA) is 82.6 Å². The summed E-state index contributed by atoms with van der Waals surface area (Å²) in [5, 5.41) is 8.18. The summed E-state index contributed by atoms with van der Waals surface area (Å²) in [6.07, 6.45) is 1.02. The molecular formula is C18H26N4O2S2. The second kappa shape index (κ2) is 9.70. The summed E-state index contributed by atoms with van der Waals surface area (Å²) in [4.78, 5) is 4.19. The second-order valence-corrected chi connectivity index (χ2v) is 8.73. The Labute approximate surface area is 159 Å². The molecule has 0 saturated carbocycles. The Balaban J connectivity index is 1.80. The highest BCUT2D eigenvalue weighted by Crippen LogP contribution is 2.15. The van der Waals surface area contributed by atoms with Gasteiger partial charge in [-0.05, 0) is 35.9 Å². The number of sulfonamides is 1. The van der Waals surface area contributed by atoms with E-state index in [-0.39, 0.29) is 12.6 Å². The van der Waals surface area contributed by atoms with Crippen molar-refractivity contribution in [2.45, 2.75) is 30.5 Å². The van der Waals surface area contributed by atoms with Gasteiger partial charge in [-0.2, -0.15) is 0 Å². The van der Waals surface area contributed by atoms with E-state index in [1.54, 1.807) is 24.6 Å². The highest BCUT2D eigenvalue weighted by Gasteiger charge is 2.14. The number of thiophene rings is 1. The zero-order valence-electron chi connectivity index (χ0n) is 15.3. The van der Waals surface area contributed by atoms with Crippen molar-refractivity contribution in [2.75, 3.05) is 20.1 Å². The predicted molar refractivity (Wildman–Crippen MR) is 108 cm³/mol. The number of aliphatic imine (C=N–C) groups is 1. The zero-order valence-corrected chi connectivity index (χ0v) is 17.0. The number of nitrogens with one attached hydrogen (secondary N) is 3. The summed E-state index contributed by atoms with van der Waals surface area (Å²) in [5.74, 6) is 0.632. The minimum Gasteiger partial charge on any atom is -0.355 e. The number of hydrogen-bond donors (Lipinski definition) is 3. The summed E-state index contributed by atoms with van der Waals surface area (Å²) in [6.45, 7) is 4.91. The van der Waals surface area contributed by atoms with Gasteiger partial charge in [0.15, 0.2) is 5.96 Å². The van der Waals surface area contributed by atoms with Gasteiger partial charge in [0, 0.05) is 20.1 Å². The smallest absolute Gasteiger partial charge is 0.250 e. The standard InChI is InChI=1S/C18H26N4O2S2/c1-4-15-7-9-16(10-8-15)14(2)22-18(19-3)20-11-12-21-26(23,24)17-6-5-13-25-17/h5-10,13-14,21H,4,11-12H2,1-3H3,(H2,19,20,22). The molecule has 0 spiro atoms. The van der Waals surface area contributed by atoms with Gasteiger partial charge in [0.25, 0.3) is 0 Å². The van der Waals surface area contributed by atoms with Crippen LogP contribution in [0.3, 0.4) is 0 Å². The Hall–Kier alpha value is -1.90. The van der Waals surface area contributed by atoms with Gasteiger partial charge in [0.05, 0.1) is 6.04 Å². The average Bonchev–Trinajstić information content (AvgIpc) is 3.20. The molecule has 1 atom stereocenters. The lowest BCUT2D eigenvalue weighted by Gasteiger charge is -2.18. The van der Waals surface area contributed by atoms with Crippen LogP contribution in [0, 0.1) is 0 Å². The van der Waals surface area contributed by atoms with E-state index in [1.165, 1.54) is 22.5 Å². The van der Waals surface area contributed by atoms with Gasteiger partial charge in [-0.15, -0.1) is 11.3 Å². The Morgan fingerprint density at radius 2 is 1.92 bits per heavy atom. The van der Waals surface area contributed by atoms with Gasteiger partial charge >= 0.3 is 0 Å². The van der Waals surface area contributed by atoms with Gasteiger partial charge in [-0.1, -0.05) is 37.3 Å². The van der Waals surface area contributed by atoms with Gasteiger partial charge in [0.2, 0.25) is 10.0 Å². The Morgan fingerprint density at radius 3 is 2.50 bits per heavy atom. The molecule has 0 fully saturated rings. The Bertz CT molecular complexity index is 800. The van der Waals surface area contributed by atoms with Crippen LogP contribution in [0.15, 0.2) is 51.0 Å². The normalized spacial score (nSPS) is 13.4. The number of aryl methyl sites for hydroxylation is 1. The fraction of sp³-hybridized carbons (Fsp3) is 0.389. The minimum absolute atomic E-state index is 0.0925. The van der Waals surface area contributed by atoms with Crippen LogP contribution in [0.1, 0.15) is 31.0 Å². The third-order valence-electron chi connectivity index (χ3n) is 3.93. The molecule has 8 heteroatoms. The molecule has 142 valence electrons. The third kappa shape index (κ3) is 5.82. The fourth-order valence-corrected chi connectivity index (χ4v) is 4.45. The molecule has 0 aliphatic rings. The maximum absolute atomic E-state index is 12.0. The van der Waals surface area contributed by atoms with E-state index in [9.17, 15) is 8.42 Å². The van der Waals surface area contributed by atoms with Gasteiger partial charge in [0.1, 0.15) is 4.21 Å². The molecule has 26 heavy (non-hydrogen) atoms. The number of hydrogen-bond acceptors (Lipinski definition) is 4. The lowest BCUT2D eigenvalue weighted by atomic mass is 10.1. The minimum atomic E-state index is -3.43. The molecule has 0 aliphatic heterocycles. The van der Waals surface area contributed by atoms with Crippen LogP contribution in [0.5, 0.6) is 0 Å². The van der Waals surface area contributed by atoms with Crippen molar-refractivity contribution in [1.29, 1.82) is 0 Å². The molecule has 3 N–H and O–H groups in total. The molecule has 0 saturated heterocycles. The second-order valence-electron chi connectivity index (χ2n) is 5.79. The van der Waals surface area contributed by atoms with Crippen LogP contribution in [0.2, 0.25) is 0 Å². The van der Waals surface area contributed by atoms with Crippen LogP contribution in [0.25, 0.3) is 0 Å². The van der Waals surface area contributed by atoms with Crippen molar-refractivity contribution in [2.24, 2.45) is 4.99 Å². The molecule has 1 aromatic carbocycles. The van der Waals surface area contributed by atoms with Gasteiger partial charge < -0.3 is 10.6 Å². The first-order valence-electron chi connectivity index (χ1n) is 8.55. The van der Waals surface area contributed by atoms with Gasteiger partial charge in [-0.25, -0.2) is 13.1 Å². The molecule has 0 amide bonds. The number of benzene rings is 1.